The van der Waals surface area contributed by atoms with Gasteiger partial charge < -0.3 is 9.64 Å². The number of halogens is 1. The quantitative estimate of drug-likeness (QED) is 0.781. The molecule has 1 aromatic rings. The van der Waals surface area contributed by atoms with Crippen molar-refractivity contribution < 1.29 is 14.3 Å². The second-order valence-corrected chi connectivity index (χ2v) is 4.62. The van der Waals surface area contributed by atoms with Gasteiger partial charge in [-0.2, -0.15) is 0 Å². The van der Waals surface area contributed by atoms with Gasteiger partial charge in [-0.05, 0) is 31.0 Å². The number of ether oxygens (including phenoxy) is 1. The van der Waals surface area contributed by atoms with Crippen molar-refractivity contribution in [1.82, 2.24) is 4.90 Å². The molecule has 0 aliphatic rings. The summed E-state index contributed by atoms with van der Waals surface area (Å²) in [6, 6.07) is 5.17. The van der Waals surface area contributed by atoms with Gasteiger partial charge in [0.1, 0.15) is 6.54 Å². The van der Waals surface area contributed by atoms with Gasteiger partial charge >= 0.3 is 5.97 Å². The molecule has 0 aromatic heterocycles. The van der Waals surface area contributed by atoms with Crippen LogP contribution in [0.15, 0.2) is 18.2 Å². The van der Waals surface area contributed by atoms with Crippen molar-refractivity contribution in [3.8, 4) is 0 Å². The lowest BCUT2D eigenvalue weighted by atomic mass is 10.1. The van der Waals surface area contributed by atoms with Crippen molar-refractivity contribution in [2.24, 2.45) is 0 Å². The SMILES string of the molecule is CCCN(CC(=O)OC)C(=O)c1cccc(Cl)c1C. The van der Waals surface area contributed by atoms with Crippen LogP contribution in [0.25, 0.3) is 0 Å². The molecule has 0 bridgehead atoms. The van der Waals surface area contributed by atoms with Crippen LogP contribution >= 0.6 is 11.6 Å². The molecule has 1 aromatic carbocycles. The van der Waals surface area contributed by atoms with Gasteiger partial charge in [0.25, 0.3) is 5.91 Å². The number of hydrogen-bond acceptors (Lipinski definition) is 3. The predicted octanol–water partition coefficient (Wildman–Crippen LogP) is 2.67. The van der Waals surface area contributed by atoms with E-state index in [9.17, 15) is 9.59 Å². The fourth-order valence-corrected chi connectivity index (χ4v) is 1.93. The number of nitrogens with zero attached hydrogens (tertiary/aromatic N) is 1. The third kappa shape index (κ3) is 3.96. The van der Waals surface area contributed by atoms with Gasteiger partial charge in [0, 0.05) is 17.1 Å². The van der Waals surface area contributed by atoms with E-state index in [1.165, 1.54) is 12.0 Å². The van der Waals surface area contributed by atoms with E-state index in [-0.39, 0.29) is 12.5 Å². The lowest BCUT2D eigenvalue weighted by Gasteiger charge is -2.21. The van der Waals surface area contributed by atoms with Crippen LogP contribution in [0.5, 0.6) is 0 Å². The number of rotatable bonds is 5. The molecule has 4 nitrogen and oxygen atoms in total. The van der Waals surface area contributed by atoms with E-state index in [1.807, 2.05) is 6.92 Å². The van der Waals surface area contributed by atoms with E-state index in [0.29, 0.717) is 17.1 Å². The van der Waals surface area contributed by atoms with Crippen LogP contribution < -0.4 is 0 Å². The highest BCUT2D eigenvalue weighted by atomic mass is 35.5. The minimum absolute atomic E-state index is 0.0465. The maximum atomic E-state index is 12.4. The molecule has 0 N–H and O–H groups in total. The molecule has 19 heavy (non-hydrogen) atoms. The lowest BCUT2D eigenvalue weighted by Crippen LogP contribution is -2.37. The molecule has 0 spiro atoms. The van der Waals surface area contributed by atoms with Crippen LogP contribution in [0.1, 0.15) is 29.3 Å². The van der Waals surface area contributed by atoms with Crippen LogP contribution in [0.4, 0.5) is 0 Å². The largest absolute Gasteiger partial charge is 0.468 e. The number of amides is 1. The lowest BCUT2D eigenvalue weighted by molar-refractivity contribution is -0.141. The third-order valence-corrected chi connectivity index (χ3v) is 3.24. The van der Waals surface area contributed by atoms with Gasteiger partial charge in [0.2, 0.25) is 0 Å². The monoisotopic (exact) mass is 283 g/mol. The minimum atomic E-state index is -0.429. The molecule has 1 amide bonds. The summed E-state index contributed by atoms with van der Waals surface area (Å²) < 4.78 is 4.61. The fourth-order valence-electron chi connectivity index (χ4n) is 1.75. The van der Waals surface area contributed by atoms with Crippen LogP contribution in [-0.2, 0) is 9.53 Å². The Morgan fingerprint density at radius 3 is 2.63 bits per heavy atom. The van der Waals surface area contributed by atoms with Crippen LogP contribution in [0, 0.1) is 6.92 Å². The Morgan fingerprint density at radius 2 is 2.05 bits per heavy atom. The maximum absolute atomic E-state index is 12.4. The van der Waals surface area contributed by atoms with E-state index in [0.717, 1.165) is 12.0 Å². The van der Waals surface area contributed by atoms with Gasteiger partial charge in [-0.3, -0.25) is 9.59 Å². The third-order valence-electron chi connectivity index (χ3n) is 2.83. The number of benzene rings is 1. The van der Waals surface area contributed by atoms with Crippen molar-refractivity contribution >= 4 is 23.5 Å². The van der Waals surface area contributed by atoms with Crippen LogP contribution in [0.3, 0.4) is 0 Å². The molecular weight excluding hydrogens is 266 g/mol. The number of esters is 1. The van der Waals surface area contributed by atoms with Crippen molar-refractivity contribution in [2.45, 2.75) is 20.3 Å². The Bertz CT molecular complexity index is 474. The molecule has 0 fully saturated rings. The first kappa shape index (κ1) is 15.5. The smallest absolute Gasteiger partial charge is 0.325 e. The highest BCUT2D eigenvalue weighted by Gasteiger charge is 2.20. The average molecular weight is 284 g/mol. The minimum Gasteiger partial charge on any atom is -0.468 e. The summed E-state index contributed by atoms with van der Waals surface area (Å²) in [6.07, 6.45) is 0.766. The van der Waals surface area contributed by atoms with Crippen LogP contribution in [-0.4, -0.2) is 37.0 Å². The molecule has 1 rings (SSSR count). The molecule has 5 heteroatoms. The van der Waals surface area contributed by atoms with E-state index in [1.54, 1.807) is 25.1 Å². The molecule has 0 atom stereocenters. The Labute approximate surface area is 118 Å². The van der Waals surface area contributed by atoms with E-state index in [2.05, 4.69) is 4.74 Å². The maximum Gasteiger partial charge on any atom is 0.325 e. The highest BCUT2D eigenvalue weighted by Crippen LogP contribution is 2.20. The van der Waals surface area contributed by atoms with Gasteiger partial charge in [0.05, 0.1) is 7.11 Å². The fraction of sp³-hybridized carbons (Fsp3) is 0.429. The molecular formula is C14H18ClNO3. The predicted molar refractivity (Wildman–Crippen MR) is 74.4 cm³/mol. The van der Waals surface area contributed by atoms with Gasteiger partial charge in [0.15, 0.2) is 0 Å². The Balaban J connectivity index is 2.98. The topological polar surface area (TPSA) is 46.6 Å². The zero-order valence-corrected chi connectivity index (χ0v) is 12.2. The second kappa shape index (κ2) is 7.14. The van der Waals surface area contributed by atoms with Crippen molar-refractivity contribution in [1.29, 1.82) is 0 Å². The van der Waals surface area contributed by atoms with Crippen molar-refractivity contribution in [2.75, 3.05) is 20.2 Å². The van der Waals surface area contributed by atoms with Crippen molar-refractivity contribution in [3.05, 3.63) is 34.3 Å². The standard InChI is InChI=1S/C14H18ClNO3/c1-4-8-16(9-13(17)19-3)14(18)11-6-5-7-12(15)10(11)2/h5-7H,4,8-9H2,1-3H3. The van der Waals surface area contributed by atoms with Crippen LogP contribution in [0.2, 0.25) is 5.02 Å². The first-order valence-corrected chi connectivity index (χ1v) is 6.50. The Hall–Kier alpha value is -1.55. The summed E-state index contributed by atoms with van der Waals surface area (Å²) in [5.74, 6) is -0.631. The average Bonchev–Trinajstić information content (AvgIpc) is 2.40. The second-order valence-electron chi connectivity index (χ2n) is 4.22. The first-order chi connectivity index (χ1) is 9.01. The zero-order chi connectivity index (χ0) is 14.4. The molecule has 0 heterocycles. The highest BCUT2D eigenvalue weighted by molar-refractivity contribution is 6.31. The molecule has 0 aliphatic heterocycles. The summed E-state index contributed by atoms with van der Waals surface area (Å²) >= 11 is 6.01. The summed E-state index contributed by atoms with van der Waals surface area (Å²) in [5.41, 5.74) is 1.24. The molecule has 0 saturated carbocycles. The normalized spacial score (nSPS) is 10.1. The molecule has 0 radical (unpaired) electrons. The summed E-state index contributed by atoms with van der Waals surface area (Å²) in [4.78, 5) is 25.2. The van der Waals surface area contributed by atoms with Gasteiger partial charge in [-0.15, -0.1) is 0 Å². The van der Waals surface area contributed by atoms with Gasteiger partial charge in [-0.1, -0.05) is 24.6 Å². The number of carbonyl (C=O) groups excluding carboxylic acids is 2. The Kier molecular flexibility index (Phi) is 5.83. The molecule has 0 saturated heterocycles. The summed E-state index contributed by atoms with van der Waals surface area (Å²) in [7, 11) is 1.31. The number of hydrogen-bond donors (Lipinski definition) is 0. The molecule has 0 unspecified atom stereocenters. The van der Waals surface area contributed by atoms with E-state index < -0.39 is 5.97 Å². The summed E-state index contributed by atoms with van der Waals surface area (Å²) in [6.45, 7) is 4.19. The van der Waals surface area contributed by atoms with E-state index in [4.69, 9.17) is 11.6 Å². The number of carbonyl (C=O) groups is 2. The Morgan fingerprint density at radius 1 is 1.37 bits per heavy atom. The number of methoxy groups -OCH3 is 1. The zero-order valence-electron chi connectivity index (χ0n) is 11.4. The molecule has 104 valence electrons. The summed E-state index contributed by atoms with van der Waals surface area (Å²) in [5, 5.41) is 0.542. The van der Waals surface area contributed by atoms with E-state index >= 15 is 0 Å². The first-order valence-electron chi connectivity index (χ1n) is 6.12. The molecule has 0 aliphatic carbocycles. The van der Waals surface area contributed by atoms with Crippen molar-refractivity contribution in [3.63, 3.8) is 0 Å². The van der Waals surface area contributed by atoms with Gasteiger partial charge in [-0.25, -0.2) is 0 Å².